The van der Waals surface area contributed by atoms with Crippen LogP contribution in [0.5, 0.6) is 5.75 Å². The van der Waals surface area contributed by atoms with Crippen molar-refractivity contribution in [2.24, 2.45) is 5.41 Å². The van der Waals surface area contributed by atoms with Gasteiger partial charge in [-0.15, -0.1) is 0 Å². The van der Waals surface area contributed by atoms with Crippen molar-refractivity contribution >= 4 is 23.5 Å². The number of hydrogen-bond donors (Lipinski definition) is 1. The van der Waals surface area contributed by atoms with Gasteiger partial charge in [0.1, 0.15) is 23.1 Å². The Morgan fingerprint density at radius 2 is 1.96 bits per heavy atom. The molecule has 7 heteroatoms. The largest absolute Gasteiger partial charge is 0.497 e. The highest BCUT2D eigenvalue weighted by molar-refractivity contribution is 5.88. The van der Waals surface area contributed by atoms with E-state index in [1.807, 2.05) is 5.94 Å². The molecule has 1 aliphatic carbocycles. The molecule has 144 valence electrons. The third kappa shape index (κ3) is 3.90. The van der Waals surface area contributed by atoms with Gasteiger partial charge in [-0.1, -0.05) is 0 Å². The molecule has 1 aromatic carbocycles. The molecule has 0 amide bonds. The monoisotopic (exact) mass is 373 g/mol. The molecular weight excluding hydrogens is 350 g/mol. The molecule has 1 aliphatic rings. The summed E-state index contributed by atoms with van der Waals surface area (Å²) in [6.45, 7) is 1.83. The van der Waals surface area contributed by atoms with Gasteiger partial charge in [0.25, 0.3) is 0 Å². The van der Waals surface area contributed by atoms with E-state index in [2.05, 4.69) is 5.32 Å². The lowest BCUT2D eigenvalue weighted by atomic mass is 9.74. The lowest BCUT2D eigenvalue weighted by molar-refractivity contribution is -0.153. The van der Waals surface area contributed by atoms with E-state index < -0.39 is 17.4 Å². The van der Waals surface area contributed by atoms with Gasteiger partial charge in [0.2, 0.25) is 5.76 Å². The van der Waals surface area contributed by atoms with Crippen LogP contribution in [0.2, 0.25) is 0 Å². The van der Waals surface area contributed by atoms with Crippen molar-refractivity contribution in [2.75, 3.05) is 26.1 Å². The minimum atomic E-state index is -1.37. The second-order valence-electron chi connectivity index (χ2n) is 6.10. The maximum atomic E-state index is 12.9. The zero-order valence-corrected chi connectivity index (χ0v) is 15.7. The SMILES string of the molecule is CCOC(=O)C1(C(Nc2ccc(OC)cc2)C(=C=O)OC)CCCC1=C=O. The summed E-state index contributed by atoms with van der Waals surface area (Å²) in [6.07, 6.45) is 1.33. The summed E-state index contributed by atoms with van der Waals surface area (Å²) in [4.78, 5) is 36.1. The van der Waals surface area contributed by atoms with Crippen LogP contribution in [-0.4, -0.2) is 44.7 Å². The molecule has 1 fully saturated rings. The number of carbonyl (C=O) groups excluding carboxylic acids is 3. The average molecular weight is 373 g/mol. The maximum Gasteiger partial charge on any atom is 0.319 e. The fourth-order valence-electron chi connectivity index (χ4n) is 3.47. The Bertz CT molecular complexity index is 774. The molecule has 27 heavy (non-hydrogen) atoms. The summed E-state index contributed by atoms with van der Waals surface area (Å²) in [5.41, 5.74) is -0.497. The zero-order valence-electron chi connectivity index (χ0n) is 15.7. The van der Waals surface area contributed by atoms with Crippen LogP contribution >= 0.6 is 0 Å². The van der Waals surface area contributed by atoms with Crippen LogP contribution < -0.4 is 10.1 Å². The molecule has 0 spiro atoms. The van der Waals surface area contributed by atoms with E-state index in [4.69, 9.17) is 14.2 Å². The molecule has 0 aliphatic heterocycles. The first-order valence-corrected chi connectivity index (χ1v) is 8.68. The number of rotatable bonds is 8. The standard InChI is InChI=1S/C20H23NO6/c1-4-27-19(24)20(11-5-6-14(20)12-22)18(17(13-23)26-3)21-15-7-9-16(25-2)10-8-15/h7-10,18,21H,4-6,11H2,1-3H3. The van der Waals surface area contributed by atoms with Crippen LogP contribution in [0.3, 0.4) is 0 Å². The highest BCUT2D eigenvalue weighted by Crippen LogP contribution is 2.48. The second kappa shape index (κ2) is 9.08. The lowest BCUT2D eigenvalue weighted by Crippen LogP contribution is -2.48. The summed E-state index contributed by atoms with van der Waals surface area (Å²) >= 11 is 0. The molecule has 1 saturated carbocycles. The van der Waals surface area contributed by atoms with E-state index in [-0.39, 0.29) is 17.9 Å². The molecule has 0 aromatic heterocycles. The molecule has 0 saturated heterocycles. The molecule has 1 N–H and O–H groups in total. The van der Waals surface area contributed by atoms with Gasteiger partial charge >= 0.3 is 5.97 Å². The number of benzene rings is 1. The molecule has 2 rings (SSSR count). The molecule has 1 aromatic rings. The predicted molar refractivity (Wildman–Crippen MR) is 98.7 cm³/mol. The van der Waals surface area contributed by atoms with Crippen LogP contribution in [-0.2, 0) is 23.9 Å². The van der Waals surface area contributed by atoms with Gasteiger partial charge in [0.05, 0.1) is 20.8 Å². The molecule has 0 bridgehead atoms. The number of carbonyl (C=O) groups is 1. The molecule has 0 radical (unpaired) electrons. The first-order chi connectivity index (χ1) is 13.1. The van der Waals surface area contributed by atoms with E-state index in [0.29, 0.717) is 30.7 Å². The van der Waals surface area contributed by atoms with Crippen molar-refractivity contribution in [2.45, 2.75) is 32.2 Å². The number of ether oxygens (including phenoxy) is 3. The van der Waals surface area contributed by atoms with E-state index in [9.17, 15) is 14.4 Å². The van der Waals surface area contributed by atoms with E-state index in [1.165, 1.54) is 7.11 Å². The van der Waals surface area contributed by atoms with E-state index >= 15 is 0 Å². The summed E-state index contributed by atoms with van der Waals surface area (Å²) < 4.78 is 15.6. The Labute approximate surface area is 158 Å². The van der Waals surface area contributed by atoms with Gasteiger partial charge in [-0.3, -0.25) is 4.79 Å². The third-order valence-electron chi connectivity index (χ3n) is 4.78. The van der Waals surface area contributed by atoms with Crippen LogP contribution in [0, 0.1) is 5.41 Å². The zero-order chi connectivity index (χ0) is 19.9. The fraction of sp³-hybridized carbons (Fsp3) is 0.450. The summed E-state index contributed by atoms with van der Waals surface area (Å²) in [6, 6.07) is 5.99. The Morgan fingerprint density at radius 3 is 2.48 bits per heavy atom. The number of hydrogen-bond acceptors (Lipinski definition) is 7. The number of esters is 1. The fourth-order valence-corrected chi connectivity index (χ4v) is 3.47. The van der Waals surface area contributed by atoms with Crippen molar-refractivity contribution < 1.29 is 28.6 Å². The van der Waals surface area contributed by atoms with Gasteiger partial charge in [-0.25, -0.2) is 9.59 Å². The van der Waals surface area contributed by atoms with Gasteiger partial charge in [0, 0.05) is 11.3 Å². The molecular formula is C20H23NO6. The van der Waals surface area contributed by atoms with E-state index in [1.54, 1.807) is 44.2 Å². The molecule has 0 heterocycles. The van der Waals surface area contributed by atoms with Gasteiger partial charge in [0.15, 0.2) is 5.94 Å². The Morgan fingerprint density at radius 1 is 1.26 bits per heavy atom. The second-order valence-corrected chi connectivity index (χ2v) is 6.10. The summed E-state index contributed by atoms with van der Waals surface area (Å²) in [5.74, 6) is 3.59. The Balaban J connectivity index is 2.56. The lowest BCUT2D eigenvalue weighted by Gasteiger charge is -2.35. The minimum absolute atomic E-state index is 0.117. The minimum Gasteiger partial charge on any atom is -0.497 e. The number of anilines is 1. The Kier molecular flexibility index (Phi) is 6.83. The number of nitrogens with one attached hydrogen (secondary N) is 1. The average Bonchev–Trinajstić information content (AvgIpc) is 3.13. The molecule has 2 atom stereocenters. The van der Waals surface area contributed by atoms with Crippen molar-refractivity contribution in [1.82, 2.24) is 0 Å². The van der Waals surface area contributed by atoms with Gasteiger partial charge in [-0.2, -0.15) is 0 Å². The smallest absolute Gasteiger partial charge is 0.319 e. The first kappa shape index (κ1) is 20.3. The third-order valence-corrected chi connectivity index (χ3v) is 4.78. The highest BCUT2D eigenvalue weighted by Gasteiger charge is 2.56. The van der Waals surface area contributed by atoms with Crippen molar-refractivity contribution in [1.29, 1.82) is 0 Å². The normalized spacial score (nSPS) is 19.4. The molecule has 2 unspecified atom stereocenters. The maximum absolute atomic E-state index is 12.9. The quantitative estimate of drug-likeness (QED) is 0.425. The van der Waals surface area contributed by atoms with E-state index in [0.717, 1.165) is 0 Å². The van der Waals surface area contributed by atoms with Crippen LogP contribution in [0.25, 0.3) is 0 Å². The van der Waals surface area contributed by atoms with Crippen molar-refractivity contribution in [3.63, 3.8) is 0 Å². The van der Waals surface area contributed by atoms with Crippen molar-refractivity contribution in [3.05, 3.63) is 35.6 Å². The summed E-state index contributed by atoms with van der Waals surface area (Å²) in [5, 5.41) is 3.14. The highest BCUT2D eigenvalue weighted by atomic mass is 16.5. The van der Waals surface area contributed by atoms with Gasteiger partial charge < -0.3 is 19.5 Å². The van der Waals surface area contributed by atoms with Gasteiger partial charge in [-0.05, 0) is 50.5 Å². The molecule has 7 nitrogen and oxygen atoms in total. The first-order valence-electron chi connectivity index (χ1n) is 8.68. The topological polar surface area (TPSA) is 90.9 Å². The Hall–Kier alpha value is -3.01. The van der Waals surface area contributed by atoms with Crippen LogP contribution in [0.15, 0.2) is 35.6 Å². The predicted octanol–water partition coefficient (Wildman–Crippen LogP) is 2.33. The van der Waals surface area contributed by atoms with Crippen LogP contribution in [0.1, 0.15) is 26.2 Å². The van der Waals surface area contributed by atoms with Crippen molar-refractivity contribution in [3.8, 4) is 5.75 Å². The van der Waals surface area contributed by atoms with Crippen LogP contribution in [0.4, 0.5) is 5.69 Å². The number of methoxy groups -OCH3 is 2. The summed E-state index contributed by atoms with van der Waals surface area (Å²) in [7, 11) is 2.87.